The summed E-state index contributed by atoms with van der Waals surface area (Å²) in [6.45, 7) is 1.63. The lowest BCUT2D eigenvalue weighted by molar-refractivity contribution is 0.0756. The molecule has 0 spiro atoms. The number of anilines is 1. The smallest absolute Gasteiger partial charge is 0.272 e. The van der Waals surface area contributed by atoms with Crippen molar-refractivity contribution in [3.8, 4) is 0 Å². The van der Waals surface area contributed by atoms with E-state index in [4.69, 9.17) is 5.84 Å². The average molecular weight is 280 g/mol. The van der Waals surface area contributed by atoms with Gasteiger partial charge in [0.2, 0.25) is 0 Å². The predicted octanol–water partition coefficient (Wildman–Crippen LogP) is 1.72. The number of nitrogens with two attached hydrogens (primary N) is 1. The number of carbonyl (C=O) groups excluding carboxylic acids is 1. The van der Waals surface area contributed by atoms with Gasteiger partial charge in [-0.25, -0.2) is 0 Å². The van der Waals surface area contributed by atoms with Gasteiger partial charge in [-0.1, -0.05) is 0 Å². The van der Waals surface area contributed by atoms with Crippen LogP contribution >= 0.6 is 11.8 Å². The highest BCUT2D eigenvalue weighted by Crippen LogP contribution is 2.22. The minimum atomic E-state index is -0.00106. The molecule has 1 aromatic rings. The predicted molar refractivity (Wildman–Crippen MR) is 79.1 cm³/mol. The number of aromatic nitrogens is 1. The van der Waals surface area contributed by atoms with Crippen LogP contribution in [0.5, 0.6) is 0 Å². The first-order valence-electron chi connectivity index (χ1n) is 6.49. The van der Waals surface area contributed by atoms with Gasteiger partial charge in [-0.05, 0) is 37.7 Å². The number of thioether (sulfide) groups is 1. The van der Waals surface area contributed by atoms with E-state index in [1.165, 1.54) is 6.42 Å². The molecule has 2 heterocycles. The maximum Gasteiger partial charge on any atom is 0.272 e. The Labute approximate surface area is 117 Å². The first-order chi connectivity index (χ1) is 9.24. The normalized spacial score (nSPS) is 19.9. The highest BCUT2D eigenvalue weighted by atomic mass is 32.2. The van der Waals surface area contributed by atoms with E-state index in [1.807, 2.05) is 16.7 Å². The number of likely N-dealkylation sites (tertiary alicyclic amines) is 1. The van der Waals surface area contributed by atoms with E-state index in [2.05, 4.69) is 16.7 Å². The monoisotopic (exact) mass is 280 g/mol. The van der Waals surface area contributed by atoms with Gasteiger partial charge in [0.1, 0.15) is 5.69 Å². The molecule has 3 N–H and O–H groups in total. The van der Waals surface area contributed by atoms with Crippen molar-refractivity contribution >= 4 is 23.4 Å². The third-order valence-corrected chi connectivity index (χ3v) is 4.58. The Hall–Kier alpha value is -1.27. The van der Waals surface area contributed by atoms with Crippen molar-refractivity contribution in [3.63, 3.8) is 0 Å². The minimum absolute atomic E-state index is 0.00106. The van der Waals surface area contributed by atoms with Crippen LogP contribution in [0.4, 0.5) is 5.69 Å². The summed E-state index contributed by atoms with van der Waals surface area (Å²) in [6, 6.07) is 3.43. The van der Waals surface area contributed by atoms with Crippen molar-refractivity contribution in [1.82, 2.24) is 9.88 Å². The SMILES string of the molecule is CSC1CCCN(C(=O)c2cc(NN)ccn2)CC1. The Morgan fingerprint density at radius 1 is 1.53 bits per heavy atom. The van der Waals surface area contributed by atoms with Gasteiger partial charge in [0, 0.05) is 24.5 Å². The number of carbonyl (C=O) groups is 1. The van der Waals surface area contributed by atoms with E-state index in [-0.39, 0.29) is 5.91 Å². The van der Waals surface area contributed by atoms with E-state index in [0.29, 0.717) is 16.6 Å². The largest absolute Gasteiger partial charge is 0.337 e. The van der Waals surface area contributed by atoms with Crippen molar-refractivity contribution in [2.45, 2.75) is 24.5 Å². The van der Waals surface area contributed by atoms with Crippen molar-refractivity contribution in [3.05, 3.63) is 24.0 Å². The minimum Gasteiger partial charge on any atom is -0.337 e. The van der Waals surface area contributed by atoms with E-state index in [0.717, 1.165) is 25.9 Å². The fourth-order valence-electron chi connectivity index (χ4n) is 2.30. The second-order valence-electron chi connectivity index (χ2n) is 4.65. The standard InChI is InChI=1S/C13H20N4OS/c1-19-11-3-2-7-17(8-5-11)13(18)12-9-10(16-14)4-6-15-12/h4,6,9,11H,2-3,5,7-8,14H2,1H3,(H,15,16). The Morgan fingerprint density at radius 2 is 2.37 bits per heavy atom. The molecule has 0 aliphatic carbocycles. The molecule has 0 aromatic carbocycles. The molecule has 1 atom stereocenters. The van der Waals surface area contributed by atoms with Crippen LogP contribution in [0.3, 0.4) is 0 Å². The molecular formula is C13H20N4OS. The third kappa shape index (κ3) is 3.61. The maximum atomic E-state index is 12.4. The molecule has 1 aliphatic heterocycles. The van der Waals surface area contributed by atoms with Crippen LogP contribution in [-0.2, 0) is 0 Å². The van der Waals surface area contributed by atoms with Gasteiger partial charge in [0.05, 0.1) is 5.69 Å². The van der Waals surface area contributed by atoms with Crippen LogP contribution in [0, 0.1) is 0 Å². The van der Waals surface area contributed by atoms with E-state index in [1.54, 1.807) is 18.3 Å². The number of hydrazine groups is 1. The van der Waals surface area contributed by atoms with Crippen molar-refractivity contribution in [2.24, 2.45) is 5.84 Å². The molecule has 0 saturated carbocycles. The molecular weight excluding hydrogens is 260 g/mol. The zero-order chi connectivity index (χ0) is 13.7. The van der Waals surface area contributed by atoms with Crippen molar-refractivity contribution < 1.29 is 4.79 Å². The summed E-state index contributed by atoms with van der Waals surface area (Å²) >= 11 is 1.89. The highest BCUT2D eigenvalue weighted by Gasteiger charge is 2.21. The Balaban J connectivity index is 2.06. The van der Waals surface area contributed by atoms with E-state index in [9.17, 15) is 4.79 Å². The lowest BCUT2D eigenvalue weighted by Gasteiger charge is -2.20. The lowest BCUT2D eigenvalue weighted by Crippen LogP contribution is -2.32. The number of pyridine rings is 1. The summed E-state index contributed by atoms with van der Waals surface area (Å²) in [5, 5.41) is 0.669. The summed E-state index contributed by atoms with van der Waals surface area (Å²) in [4.78, 5) is 18.4. The van der Waals surface area contributed by atoms with Crippen LogP contribution in [0.25, 0.3) is 0 Å². The van der Waals surface area contributed by atoms with Crippen LogP contribution in [0.2, 0.25) is 0 Å². The number of hydrogen-bond acceptors (Lipinski definition) is 5. The summed E-state index contributed by atoms with van der Waals surface area (Å²) in [5.74, 6) is 5.35. The van der Waals surface area contributed by atoms with Gasteiger partial charge in [0.25, 0.3) is 5.91 Å². The van der Waals surface area contributed by atoms with E-state index < -0.39 is 0 Å². The van der Waals surface area contributed by atoms with E-state index >= 15 is 0 Å². The fraction of sp³-hybridized carbons (Fsp3) is 0.538. The van der Waals surface area contributed by atoms with Crippen molar-refractivity contribution in [1.29, 1.82) is 0 Å². The molecule has 1 aromatic heterocycles. The summed E-state index contributed by atoms with van der Waals surface area (Å²) in [5.41, 5.74) is 3.70. The van der Waals surface area contributed by atoms with Gasteiger partial charge in [0.15, 0.2) is 0 Å². The number of amides is 1. The number of nitrogens with zero attached hydrogens (tertiary/aromatic N) is 2. The number of nitrogen functional groups attached to an aromatic ring is 1. The van der Waals surface area contributed by atoms with Crippen molar-refractivity contribution in [2.75, 3.05) is 24.8 Å². The second-order valence-corrected chi connectivity index (χ2v) is 5.79. The van der Waals surface area contributed by atoms with Crippen LogP contribution in [0.15, 0.2) is 18.3 Å². The molecule has 104 valence electrons. The maximum absolute atomic E-state index is 12.4. The van der Waals surface area contributed by atoms with Gasteiger partial charge >= 0.3 is 0 Å². The van der Waals surface area contributed by atoms with Gasteiger partial charge in [-0.15, -0.1) is 0 Å². The molecule has 5 nitrogen and oxygen atoms in total. The first-order valence-corrected chi connectivity index (χ1v) is 7.78. The van der Waals surface area contributed by atoms with Crippen LogP contribution in [-0.4, -0.2) is 40.4 Å². The topological polar surface area (TPSA) is 71.2 Å². The summed E-state index contributed by atoms with van der Waals surface area (Å²) in [7, 11) is 0. The van der Waals surface area contributed by atoms with Gasteiger partial charge in [-0.2, -0.15) is 11.8 Å². The first kappa shape index (κ1) is 14.1. The summed E-state index contributed by atoms with van der Waals surface area (Å²) < 4.78 is 0. The molecule has 1 saturated heterocycles. The van der Waals surface area contributed by atoms with Crippen LogP contribution < -0.4 is 11.3 Å². The molecule has 1 amide bonds. The molecule has 19 heavy (non-hydrogen) atoms. The lowest BCUT2D eigenvalue weighted by atomic mass is 10.2. The molecule has 2 rings (SSSR count). The zero-order valence-electron chi connectivity index (χ0n) is 11.1. The molecule has 1 fully saturated rings. The average Bonchev–Trinajstić information content (AvgIpc) is 2.72. The highest BCUT2D eigenvalue weighted by molar-refractivity contribution is 7.99. The molecule has 1 aliphatic rings. The van der Waals surface area contributed by atoms with Gasteiger partial charge < -0.3 is 10.3 Å². The number of nitrogens with one attached hydrogen (secondary N) is 1. The molecule has 0 radical (unpaired) electrons. The second kappa shape index (κ2) is 6.77. The Bertz CT molecular complexity index is 440. The number of hydrogen-bond donors (Lipinski definition) is 2. The quantitative estimate of drug-likeness (QED) is 0.651. The van der Waals surface area contributed by atoms with Gasteiger partial charge in [-0.3, -0.25) is 15.6 Å². The summed E-state index contributed by atoms with van der Waals surface area (Å²) in [6.07, 6.45) is 7.04. The molecule has 0 bridgehead atoms. The fourth-order valence-corrected chi connectivity index (χ4v) is 3.05. The van der Waals surface area contributed by atoms with Crippen LogP contribution in [0.1, 0.15) is 29.8 Å². The number of rotatable bonds is 3. The molecule has 6 heteroatoms. The third-order valence-electron chi connectivity index (χ3n) is 3.44. The Kier molecular flexibility index (Phi) is 5.04. The zero-order valence-corrected chi connectivity index (χ0v) is 11.9. The molecule has 1 unspecified atom stereocenters. The Morgan fingerprint density at radius 3 is 3.11 bits per heavy atom.